The highest BCUT2D eigenvalue weighted by Gasteiger charge is 2.31. The molecule has 0 spiro atoms. The highest BCUT2D eigenvalue weighted by atomic mass is 19.1. The molecule has 1 aliphatic rings. The molecular weight excluding hydrogens is 415 g/mol. The molecule has 2 aromatic carbocycles. The van der Waals surface area contributed by atoms with Crippen molar-refractivity contribution in [1.29, 1.82) is 0 Å². The van der Waals surface area contributed by atoms with Gasteiger partial charge in [0.05, 0.1) is 13.7 Å². The van der Waals surface area contributed by atoms with Gasteiger partial charge in [-0.25, -0.2) is 4.39 Å². The lowest BCUT2D eigenvalue weighted by Gasteiger charge is -2.27. The van der Waals surface area contributed by atoms with Gasteiger partial charge < -0.3 is 29.5 Å². The summed E-state index contributed by atoms with van der Waals surface area (Å²) in [5.74, 6) is 1.70. The molecule has 32 heavy (non-hydrogen) atoms. The van der Waals surface area contributed by atoms with E-state index in [2.05, 4.69) is 5.32 Å². The molecule has 1 amide bonds. The quantitative estimate of drug-likeness (QED) is 0.461. The average molecular weight is 447 g/mol. The molecule has 1 fully saturated rings. The van der Waals surface area contributed by atoms with Crippen LogP contribution in [-0.4, -0.2) is 68.0 Å². The minimum absolute atomic E-state index is 0.0649. The van der Waals surface area contributed by atoms with Crippen LogP contribution in [0.15, 0.2) is 48.5 Å². The molecular formula is C24H31FN2O5. The number of β-amino-alcohol motifs (C(OH)–C–C–N with tert-alkyl or cyclic N) is 1. The number of nitrogens with zero attached hydrogens (tertiary/aromatic N) is 1. The van der Waals surface area contributed by atoms with Crippen LogP contribution in [0.5, 0.6) is 17.2 Å². The SMILES string of the molecule is COc1cccc(OC[C@H](O)CN2C(=O)CC[C@H]2CCNCCOc2ccc(F)cc2)c1. The van der Waals surface area contributed by atoms with Gasteiger partial charge in [0.15, 0.2) is 0 Å². The fourth-order valence-corrected chi connectivity index (χ4v) is 3.67. The Hall–Kier alpha value is -2.84. The predicted octanol–water partition coefficient (Wildman–Crippen LogP) is 2.62. The summed E-state index contributed by atoms with van der Waals surface area (Å²) in [6, 6.07) is 13.2. The normalized spacial score (nSPS) is 16.8. The van der Waals surface area contributed by atoms with Gasteiger partial charge in [-0.2, -0.15) is 0 Å². The van der Waals surface area contributed by atoms with E-state index in [1.807, 2.05) is 12.1 Å². The van der Waals surface area contributed by atoms with E-state index in [4.69, 9.17) is 14.2 Å². The minimum atomic E-state index is -0.775. The zero-order valence-corrected chi connectivity index (χ0v) is 18.3. The van der Waals surface area contributed by atoms with Gasteiger partial charge >= 0.3 is 0 Å². The number of carbonyl (C=O) groups is 1. The van der Waals surface area contributed by atoms with Crippen molar-refractivity contribution in [3.05, 3.63) is 54.3 Å². The first-order valence-corrected chi connectivity index (χ1v) is 10.9. The number of aliphatic hydroxyl groups excluding tert-OH is 1. The van der Waals surface area contributed by atoms with Crippen molar-refractivity contribution in [1.82, 2.24) is 10.2 Å². The number of hydrogen-bond acceptors (Lipinski definition) is 6. The van der Waals surface area contributed by atoms with E-state index in [1.54, 1.807) is 36.3 Å². The number of ether oxygens (including phenoxy) is 3. The van der Waals surface area contributed by atoms with Gasteiger partial charge in [-0.1, -0.05) is 6.07 Å². The summed E-state index contributed by atoms with van der Waals surface area (Å²) >= 11 is 0. The first-order valence-electron chi connectivity index (χ1n) is 10.9. The number of likely N-dealkylation sites (tertiary alicyclic amines) is 1. The summed E-state index contributed by atoms with van der Waals surface area (Å²) in [6.07, 6.45) is 1.31. The molecule has 0 bridgehead atoms. The van der Waals surface area contributed by atoms with Crippen LogP contribution in [0.4, 0.5) is 4.39 Å². The summed E-state index contributed by atoms with van der Waals surface area (Å²) in [7, 11) is 1.58. The largest absolute Gasteiger partial charge is 0.497 e. The predicted molar refractivity (Wildman–Crippen MR) is 119 cm³/mol. The van der Waals surface area contributed by atoms with Crippen LogP contribution in [0.2, 0.25) is 0 Å². The lowest BCUT2D eigenvalue weighted by Crippen LogP contribution is -2.42. The van der Waals surface area contributed by atoms with Crippen LogP contribution in [0.3, 0.4) is 0 Å². The third-order valence-corrected chi connectivity index (χ3v) is 5.36. The second-order valence-corrected chi connectivity index (χ2v) is 7.72. The summed E-state index contributed by atoms with van der Waals surface area (Å²) in [6.45, 7) is 2.20. The van der Waals surface area contributed by atoms with Crippen molar-refractivity contribution < 1.29 is 28.5 Å². The maximum absolute atomic E-state index is 12.9. The molecule has 2 atom stereocenters. The highest BCUT2D eigenvalue weighted by Crippen LogP contribution is 2.22. The Morgan fingerprint density at radius 2 is 1.91 bits per heavy atom. The van der Waals surface area contributed by atoms with Crippen molar-refractivity contribution in [3.8, 4) is 17.2 Å². The maximum atomic E-state index is 12.9. The van der Waals surface area contributed by atoms with E-state index in [9.17, 15) is 14.3 Å². The molecule has 3 rings (SSSR count). The zero-order chi connectivity index (χ0) is 22.8. The topological polar surface area (TPSA) is 80.3 Å². The molecule has 0 aromatic heterocycles. The molecule has 8 heteroatoms. The van der Waals surface area contributed by atoms with Gasteiger partial charge in [-0.05, 0) is 55.8 Å². The number of amides is 1. The van der Waals surface area contributed by atoms with Crippen LogP contribution in [0, 0.1) is 5.82 Å². The van der Waals surface area contributed by atoms with Gasteiger partial charge in [-0.3, -0.25) is 4.79 Å². The average Bonchev–Trinajstić information content (AvgIpc) is 3.15. The molecule has 7 nitrogen and oxygen atoms in total. The van der Waals surface area contributed by atoms with Gasteiger partial charge in [0.25, 0.3) is 0 Å². The first-order chi connectivity index (χ1) is 15.5. The number of methoxy groups -OCH3 is 1. The number of carbonyl (C=O) groups excluding carboxylic acids is 1. The standard InChI is InChI=1S/C24H31FN2O5/c1-30-22-3-2-4-23(15-22)32-17-20(28)16-27-19(7-10-24(27)29)11-12-26-13-14-31-21-8-5-18(25)6-9-21/h2-6,8-9,15,19-20,26,28H,7,10-14,16-17H2,1H3/t19-,20+/m0/s1. The molecule has 1 aliphatic heterocycles. The number of halogens is 1. The van der Waals surface area contributed by atoms with Crippen molar-refractivity contribution in [2.75, 3.05) is 40.0 Å². The lowest BCUT2D eigenvalue weighted by atomic mass is 10.1. The molecule has 0 saturated carbocycles. The molecule has 2 aromatic rings. The number of hydrogen-bond donors (Lipinski definition) is 2. The van der Waals surface area contributed by atoms with Crippen molar-refractivity contribution in [2.45, 2.75) is 31.4 Å². The first kappa shape index (κ1) is 23.8. The van der Waals surface area contributed by atoms with Crippen LogP contribution in [0.25, 0.3) is 0 Å². The van der Waals surface area contributed by atoms with Gasteiger partial charge in [0, 0.05) is 25.1 Å². The molecule has 174 valence electrons. The fourth-order valence-electron chi connectivity index (χ4n) is 3.67. The lowest BCUT2D eigenvalue weighted by molar-refractivity contribution is -0.130. The third kappa shape index (κ3) is 7.39. The van der Waals surface area contributed by atoms with Crippen LogP contribution in [-0.2, 0) is 4.79 Å². The van der Waals surface area contributed by atoms with Gasteiger partial charge in [0.2, 0.25) is 5.91 Å². The monoisotopic (exact) mass is 446 g/mol. The van der Waals surface area contributed by atoms with Crippen LogP contribution in [0.1, 0.15) is 19.3 Å². The molecule has 1 saturated heterocycles. The Morgan fingerprint density at radius 1 is 1.12 bits per heavy atom. The van der Waals surface area contributed by atoms with Crippen LogP contribution >= 0.6 is 0 Å². The third-order valence-electron chi connectivity index (χ3n) is 5.36. The van der Waals surface area contributed by atoms with E-state index in [0.717, 1.165) is 19.4 Å². The zero-order valence-electron chi connectivity index (χ0n) is 18.3. The van der Waals surface area contributed by atoms with E-state index in [0.29, 0.717) is 36.8 Å². The Morgan fingerprint density at radius 3 is 2.69 bits per heavy atom. The van der Waals surface area contributed by atoms with Crippen molar-refractivity contribution >= 4 is 5.91 Å². The number of benzene rings is 2. The second-order valence-electron chi connectivity index (χ2n) is 7.72. The molecule has 1 heterocycles. The number of rotatable bonds is 13. The van der Waals surface area contributed by atoms with E-state index in [1.165, 1.54) is 12.1 Å². The highest BCUT2D eigenvalue weighted by molar-refractivity contribution is 5.78. The second kappa shape index (κ2) is 12.3. The van der Waals surface area contributed by atoms with Crippen molar-refractivity contribution in [3.63, 3.8) is 0 Å². The Kier molecular flexibility index (Phi) is 9.13. The Bertz CT molecular complexity index is 849. The van der Waals surface area contributed by atoms with Gasteiger partial charge in [0.1, 0.15) is 42.4 Å². The van der Waals surface area contributed by atoms with Gasteiger partial charge in [-0.15, -0.1) is 0 Å². The molecule has 0 unspecified atom stereocenters. The smallest absolute Gasteiger partial charge is 0.222 e. The van der Waals surface area contributed by atoms with E-state index in [-0.39, 0.29) is 30.9 Å². The summed E-state index contributed by atoms with van der Waals surface area (Å²) in [5.41, 5.74) is 0. The minimum Gasteiger partial charge on any atom is -0.497 e. The Balaban J connectivity index is 1.34. The van der Waals surface area contributed by atoms with E-state index >= 15 is 0 Å². The molecule has 0 radical (unpaired) electrons. The molecule has 2 N–H and O–H groups in total. The fraction of sp³-hybridized carbons (Fsp3) is 0.458. The molecule has 0 aliphatic carbocycles. The summed E-state index contributed by atoms with van der Waals surface area (Å²) in [4.78, 5) is 14.0. The summed E-state index contributed by atoms with van der Waals surface area (Å²) in [5, 5.41) is 13.7. The Labute approximate surface area is 188 Å². The van der Waals surface area contributed by atoms with Crippen LogP contribution < -0.4 is 19.5 Å². The number of nitrogens with one attached hydrogen (secondary N) is 1. The van der Waals surface area contributed by atoms with E-state index < -0.39 is 6.10 Å². The van der Waals surface area contributed by atoms with Crippen molar-refractivity contribution in [2.24, 2.45) is 0 Å². The maximum Gasteiger partial charge on any atom is 0.222 e. The summed E-state index contributed by atoms with van der Waals surface area (Å²) < 4.78 is 29.2. The number of aliphatic hydroxyl groups is 1.